The molecule has 0 radical (unpaired) electrons. The molecular weight excluding hydrogens is 388 g/mol. The minimum absolute atomic E-state index is 0.00357. The smallest absolute Gasteiger partial charge is 0.278 e. The molecule has 7 nitrogen and oxygen atoms in total. The van der Waals surface area contributed by atoms with E-state index in [2.05, 4.69) is 16.3 Å². The molecule has 2 unspecified atom stereocenters. The standard InChI is InChI=1S/C21H24N4O3S/c26-11-17-5-1-2-7-25(17)20(27)19-24-21-6-3-4-14(15-9-22-23-10-15)8-18(21)28-12-16(21)13-29-19/h3-4,6,8-10,16-17,26H,1-2,5,7,11-13H2,(H,22,23)/t16?,17-,21?/m1/s1. The zero-order chi connectivity index (χ0) is 19.8. The van der Waals surface area contributed by atoms with Crippen molar-refractivity contribution in [1.29, 1.82) is 0 Å². The zero-order valence-corrected chi connectivity index (χ0v) is 16.9. The van der Waals surface area contributed by atoms with Gasteiger partial charge in [-0.15, -0.1) is 11.8 Å². The van der Waals surface area contributed by atoms with Gasteiger partial charge >= 0.3 is 0 Å². The number of ether oxygens (including phenoxy) is 1. The number of hydrogen-bond acceptors (Lipinski definition) is 6. The number of nitrogens with zero attached hydrogens (tertiary/aromatic N) is 3. The van der Waals surface area contributed by atoms with Crippen molar-refractivity contribution < 1.29 is 14.6 Å². The van der Waals surface area contributed by atoms with Crippen molar-refractivity contribution >= 4 is 28.3 Å². The lowest BCUT2D eigenvalue weighted by molar-refractivity contribution is -0.128. The van der Waals surface area contributed by atoms with Crippen LogP contribution in [0, 0.1) is 5.92 Å². The lowest BCUT2D eigenvalue weighted by atomic mass is 9.85. The Balaban J connectivity index is 1.49. The molecule has 4 heterocycles. The van der Waals surface area contributed by atoms with Crippen LogP contribution >= 0.6 is 11.8 Å². The number of carbonyl (C=O) groups excluding carboxylic acids is 1. The largest absolute Gasteiger partial charge is 0.495 e. The molecule has 2 N–H and O–H groups in total. The number of aliphatic imine (C=N–C) groups is 1. The Morgan fingerprint density at radius 2 is 2.38 bits per heavy atom. The fraction of sp³-hybridized carbons (Fsp3) is 0.476. The van der Waals surface area contributed by atoms with Crippen LogP contribution in [0.2, 0.25) is 0 Å². The van der Waals surface area contributed by atoms with E-state index >= 15 is 0 Å². The Kier molecular flexibility index (Phi) is 4.83. The van der Waals surface area contributed by atoms with Crippen molar-refractivity contribution in [3.05, 3.63) is 48.0 Å². The molecule has 5 rings (SSSR count). The maximum Gasteiger partial charge on any atom is 0.278 e. The highest BCUT2D eigenvalue weighted by molar-refractivity contribution is 8.15. The first-order valence-electron chi connectivity index (χ1n) is 10.1. The van der Waals surface area contributed by atoms with Crippen LogP contribution in [0.1, 0.15) is 24.8 Å². The van der Waals surface area contributed by atoms with Crippen LogP contribution in [0.15, 0.2) is 47.4 Å². The first-order valence-corrected chi connectivity index (χ1v) is 11.1. The van der Waals surface area contributed by atoms with Crippen molar-refractivity contribution in [2.45, 2.75) is 30.8 Å². The molecule has 1 aromatic rings. The number of aliphatic hydroxyl groups is 1. The van der Waals surface area contributed by atoms with E-state index in [1.54, 1.807) is 11.1 Å². The van der Waals surface area contributed by atoms with E-state index in [0.717, 1.165) is 41.9 Å². The van der Waals surface area contributed by atoms with E-state index in [9.17, 15) is 9.90 Å². The van der Waals surface area contributed by atoms with Gasteiger partial charge in [-0.05, 0) is 37.0 Å². The number of amides is 1. The Morgan fingerprint density at radius 3 is 3.21 bits per heavy atom. The molecule has 2 fully saturated rings. The van der Waals surface area contributed by atoms with Gasteiger partial charge in [0.15, 0.2) is 5.04 Å². The van der Waals surface area contributed by atoms with Crippen LogP contribution in [-0.4, -0.2) is 68.2 Å². The van der Waals surface area contributed by atoms with Gasteiger partial charge in [-0.25, -0.2) is 0 Å². The number of aliphatic hydroxyl groups excluding tert-OH is 1. The van der Waals surface area contributed by atoms with E-state index in [-0.39, 0.29) is 24.5 Å². The normalized spacial score (nSPS) is 31.1. The van der Waals surface area contributed by atoms with Crippen molar-refractivity contribution in [3.63, 3.8) is 0 Å². The molecule has 0 aromatic carbocycles. The second-order valence-electron chi connectivity index (χ2n) is 7.87. The van der Waals surface area contributed by atoms with E-state index in [1.165, 1.54) is 11.8 Å². The predicted molar refractivity (Wildman–Crippen MR) is 112 cm³/mol. The summed E-state index contributed by atoms with van der Waals surface area (Å²) in [7, 11) is 0. The van der Waals surface area contributed by atoms with E-state index in [1.807, 2.05) is 24.4 Å². The molecule has 152 valence electrons. The average Bonchev–Trinajstić information content (AvgIpc) is 3.37. The average molecular weight is 413 g/mol. The van der Waals surface area contributed by atoms with Crippen LogP contribution < -0.4 is 0 Å². The van der Waals surface area contributed by atoms with Gasteiger partial charge in [0.2, 0.25) is 0 Å². The lowest BCUT2D eigenvalue weighted by Gasteiger charge is -2.37. The minimum atomic E-state index is -0.636. The maximum atomic E-state index is 13.3. The Bertz CT molecular complexity index is 920. The van der Waals surface area contributed by atoms with E-state index < -0.39 is 5.54 Å². The van der Waals surface area contributed by atoms with Crippen LogP contribution in [0.4, 0.5) is 0 Å². The highest BCUT2D eigenvalue weighted by atomic mass is 32.2. The van der Waals surface area contributed by atoms with Crippen LogP contribution in [-0.2, 0) is 9.53 Å². The number of carbonyl (C=O) groups is 1. The molecule has 1 aromatic heterocycles. The number of likely N-dealkylation sites (tertiary alicyclic amines) is 1. The van der Waals surface area contributed by atoms with Gasteiger partial charge in [0.25, 0.3) is 5.91 Å². The van der Waals surface area contributed by atoms with Gasteiger partial charge in [-0.2, -0.15) is 5.10 Å². The predicted octanol–water partition coefficient (Wildman–Crippen LogP) is 2.15. The molecule has 0 bridgehead atoms. The number of piperidine rings is 1. The summed E-state index contributed by atoms with van der Waals surface area (Å²) in [4.78, 5) is 20.1. The van der Waals surface area contributed by atoms with Crippen molar-refractivity contribution in [2.75, 3.05) is 25.5 Å². The summed E-state index contributed by atoms with van der Waals surface area (Å²) < 4.78 is 6.07. The lowest BCUT2D eigenvalue weighted by Crippen LogP contribution is -2.50. The van der Waals surface area contributed by atoms with Gasteiger partial charge in [-0.1, -0.05) is 12.2 Å². The van der Waals surface area contributed by atoms with Gasteiger partial charge in [0, 0.05) is 30.0 Å². The van der Waals surface area contributed by atoms with Gasteiger partial charge in [0.1, 0.15) is 11.3 Å². The number of H-pyrrole nitrogens is 1. The SMILES string of the molecule is O=C(C1=NC23C=CC=C(c4cn[nH]c4)C=C2OCC3CS1)N1CCCC[C@@H]1CO. The van der Waals surface area contributed by atoms with Gasteiger partial charge in [0.05, 0.1) is 25.5 Å². The van der Waals surface area contributed by atoms with Crippen LogP contribution in [0.3, 0.4) is 0 Å². The molecule has 0 saturated carbocycles. The zero-order valence-electron chi connectivity index (χ0n) is 16.1. The van der Waals surface area contributed by atoms with Gasteiger partial charge in [-0.3, -0.25) is 14.9 Å². The van der Waals surface area contributed by atoms with Gasteiger partial charge < -0.3 is 14.7 Å². The summed E-state index contributed by atoms with van der Waals surface area (Å²) in [5.74, 6) is 1.70. The molecule has 3 atom stereocenters. The molecule has 1 aliphatic carbocycles. The molecule has 1 amide bonds. The van der Waals surface area contributed by atoms with Crippen molar-refractivity contribution in [3.8, 4) is 0 Å². The third kappa shape index (κ3) is 3.14. The number of allylic oxidation sites excluding steroid dienone is 4. The summed E-state index contributed by atoms with van der Waals surface area (Å²) in [6, 6.07) is -0.108. The fourth-order valence-electron chi connectivity index (χ4n) is 4.51. The topological polar surface area (TPSA) is 90.8 Å². The number of nitrogens with one attached hydrogen (secondary N) is 1. The molecule has 2 saturated heterocycles. The van der Waals surface area contributed by atoms with Crippen LogP contribution in [0.5, 0.6) is 0 Å². The molecule has 29 heavy (non-hydrogen) atoms. The second-order valence-corrected chi connectivity index (χ2v) is 8.88. The van der Waals surface area contributed by atoms with Crippen LogP contribution in [0.25, 0.3) is 5.57 Å². The third-order valence-corrected chi connectivity index (χ3v) is 7.30. The molecule has 3 aliphatic heterocycles. The third-order valence-electron chi connectivity index (χ3n) is 6.19. The highest BCUT2D eigenvalue weighted by Crippen LogP contribution is 2.47. The Hall–Kier alpha value is -2.32. The first kappa shape index (κ1) is 18.7. The number of aromatic nitrogens is 2. The summed E-state index contributed by atoms with van der Waals surface area (Å²) in [6.45, 7) is 1.28. The van der Waals surface area contributed by atoms with E-state index in [4.69, 9.17) is 9.73 Å². The number of aromatic amines is 1. The molecular formula is C21H24N4O3S. The van der Waals surface area contributed by atoms with Crippen molar-refractivity contribution in [1.82, 2.24) is 15.1 Å². The number of thioether (sulfide) groups is 1. The summed E-state index contributed by atoms with van der Waals surface area (Å²) in [5.41, 5.74) is 1.35. The van der Waals surface area contributed by atoms with Crippen molar-refractivity contribution in [2.24, 2.45) is 10.9 Å². The number of rotatable bonds is 3. The maximum absolute atomic E-state index is 13.3. The fourth-order valence-corrected chi connectivity index (χ4v) is 5.68. The molecule has 8 heteroatoms. The Labute approximate surface area is 173 Å². The Morgan fingerprint density at radius 1 is 1.45 bits per heavy atom. The molecule has 1 spiro atoms. The van der Waals surface area contributed by atoms with E-state index in [0.29, 0.717) is 18.2 Å². The first-order chi connectivity index (χ1) is 14.2. The quantitative estimate of drug-likeness (QED) is 0.794. The highest BCUT2D eigenvalue weighted by Gasteiger charge is 2.51. The summed E-state index contributed by atoms with van der Waals surface area (Å²) in [6.07, 6.45) is 14.6. The monoisotopic (exact) mass is 412 g/mol. The molecule has 4 aliphatic rings. The number of hydrogen-bond donors (Lipinski definition) is 2. The summed E-state index contributed by atoms with van der Waals surface area (Å²) >= 11 is 1.51. The minimum Gasteiger partial charge on any atom is -0.495 e. The summed E-state index contributed by atoms with van der Waals surface area (Å²) in [5, 5.41) is 17.1. The second kappa shape index (κ2) is 7.50.